The predicted molar refractivity (Wildman–Crippen MR) is 136 cm³/mol. The first-order chi connectivity index (χ1) is 17.4. The predicted octanol–water partition coefficient (Wildman–Crippen LogP) is 4.78. The smallest absolute Gasteiger partial charge is 0.251 e. The first-order valence-electron chi connectivity index (χ1n) is 12.2. The summed E-state index contributed by atoms with van der Waals surface area (Å²) in [4.78, 5) is 21.5. The quantitative estimate of drug-likeness (QED) is 0.443. The molecule has 1 amide bonds. The Morgan fingerprint density at radius 2 is 2.03 bits per heavy atom. The molecule has 2 aromatic carbocycles. The number of halogens is 1. The molecule has 3 heterocycles. The van der Waals surface area contributed by atoms with Crippen LogP contribution in [0.5, 0.6) is 5.75 Å². The molecule has 0 atom stereocenters. The number of aromatic nitrogens is 2. The van der Waals surface area contributed by atoms with Crippen molar-refractivity contribution in [1.82, 2.24) is 15.3 Å². The maximum atomic E-state index is 14.0. The highest BCUT2D eigenvalue weighted by atomic mass is 19.1. The van der Waals surface area contributed by atoms with Gasteiger partial charge in [0.1, 0.15) is 17.5 Å². The minimum Gasteiger partial charge on any atom is -0.490 e. The summed E-state index contributed by atoms with van der Waals surface area (Å²) in [5.74, 6) is 0.913. The minimum absolute atomic E-state index is 0.146. The molecule has 9 heteroatoms. The van der Waals surface area contributed by atoms with Crippen molar-refractivity contribution in [2.24, 2.45) is 0 Å². The molecule has 1 aliphatic carbocycles. The van der Waals surface area contributed by atoms with Crippen molar-refractivity contribution in [2.45, 2.75) is 51.0 Å². The Morgan fingerprint density at radius 1 is 1.17 bits per heavy atom. The molecule has 1 fully saturated rings. The molecular weight excluding hydrogens is 461 g/mol. The lowest BCUT2D eigenvalue weighted by molar-refractivity contribution is -0.0302. The van der Waals surface area contributed by atoms with Crippen molar-refractivity contribution in [2.75, 3.05) is 24.2 Å². The van der Waals surface area contributed by atoms with Gasteiger partial charge in [0.15, 0.2) is 0 Å². The van der Waals surface area contributed by atoms with Crippen LogP contribution in [0.15, 0.2) is 48.7 Å². The van der Waals surface area contributed by atoms with E-state index in [1.54, 1.807) is 37.4 Å². The number of amides is 1. The lowest BCUT2D eigenvalue weighted by Gasteiger charge is -2.38. The summed E-state index contributed by atoms with van der Waals surface area (Å²) < 4.78 is 26.0. The molecule has 6 bridgehead atoms. The van der Waals surface area contributed by atoms with Gasteiger partial charge in [-0.1, -0.05) is 0 Å². The van der Waals surface area contributed by atoms with E-state index in [1.165, 1.54) is 0 Å². The highest BCUT2D eigenvalue weighted by molar-refractivity contribution is 5.96. The normalized spacial score (nSPS) is 22.3. The van der Waals surface area contributed by atoms with Crippen LogP contribution in [0.2, 0.25) is 0 Å². The number of nitrogen functional groups attached to an aromatic ring is 1. The molecule has 0 unspecified atom stereocenters. The monoisotopic (exact) mass is 491 g/mol. The van der Waals surface area contributed by atoms with Crippen LogP contribution in [0.3, 0.4) is 0 Å². The second kappa shape index (κ2) is 10.1. The van der Waals surface area contributed by atoms with E-state index in [4.69, 9.17) is 15.2 Å². The summed E-state index contributed by atoms with van der Waals surface area (Å²) in [5.41, 5.74) is 9.06. The minimum atomic E-state index is -1.16. The number of alkyl halides is 1. The van der Waals surface area contributed by atoms with Gasteiger partial charge in [0, 0.05) is 60.3 Å². The second-order valence-corrected chi connectivity index (χ2v) is 9.59. The summed E-state index contributed by atoms with van der Waals surface area (Å²) >= 11 is 0. The van der Waals surface area contributed by atoms with Crippen LogP contribution >= 0.6 is 0 Å². The molecule has 2 aliphatic heterocycles. The third kappa shape index (κ3) is 5.57. The van der Waals surface area contributed by atoms with E-state index >= 15 is 0 Å². The number of nitrogens with one attached hydrogen (secondary N) is 2. The zero-order valence-electron chi connectivity index (χ0n) is 20.2. The molecule has 0 saturated heterocycles. The molecule has 3 aliphatic rings. The van der Waals surface area contributed by atoms with Gasteiger partial charge in [-0.15, -0.1) is 0 Å². The van der Waals surface area contributed by atoms with Crippen LogP contribution in [0.1, 0.15) is 48.5 Å². The van der Waals surface area contributed by atoms with Crippen molar-refractivity contribution in [1.29, 1.82) is 0 Å². The lowest BCUT2D eigenvalue weighted by Crippen LogP contribution is -2.44. The highest BCUT2D eigenvalue weighted by Gasteiger charge is 2.42. The zero-order chi connectivity index (χ0) is 25.1. The van der Waals surface area contributed by atoms with Crippen molar-refractivity contribution in [3.05, 3.63) is 59.8 Å². The summed E-state index contributed by atoms with van der Waals surface area (Å²) in [5, 5.41) is 6.16. The van der Waals surface area contributed by atoms with Gasteiger partial charge in [0.05, 0.1) is 12.3 Å². The van der Waals surface area contributed by atoms with Crippen LogP contribution < -0.4 is 21.1 Å². The molecule has 188 valence electrons. The number of hydrogen-bond acceptors (Lipinski definition) is 7. The Hall–Kier alpha value is -3.72. The molecule has 36 heavy (non-hydrogen) atoms. The number of benzene rings is 2. The van der Waals surface area contributed by atoms with Crippen LogP contribution in [-0.4, -0.2) is 40.8 Å². The Kier molecular flexibility index (Phi) is 6.73. The molecule has 1 saturated carbocycles. The van der Waals surface area contributed by atoms with E-state index in [2.05, 4.69) is 20.6 Å². The standard InChI is InChI=1S/C27H30FN5O3/c1-27(28)14-20(15-27)36-24-7-5-19-12-18(24)16-35-11-3-2-9-30-25(34)17-4-6-21(22(29)13-17)23-8-10-31-26(32-19)33-23/h4-8,10,12-13,20H,2-3,9,11,14-16,29H2,1H3,(H,30,34)(H,31,32,33). The number of carbonyl (C=O) groups is 1. The highest BCUT2D eigenvalue weighted by Crippen LogP contribution is 2.39. The number of hydrogen-bond donors (Lipinski definition) is 3. The van der Waals surface area contributed by atoms with Crippen LogP contribution in [0.25, 0.3) is 11.3 Å². The summed E-state index contributed by atoms with van der Waals surface area (Å²) in [6, 6.07) is 12.7. The molecule has 0 spiro atoms. The number of nitrogens with two attached hydrogens (primary N) is 1. The van der Waals surface area contributed by atoms with Crippen LogP contribution in [-0.2, 0) is 11.3 Å². The molecule has 3 aromatic rings. The van der Waals surface area contributed by atoms with Gasteiger partial charge >= 0.3 is 0 Å². The van der Waals surface area contributed by atoms with E-state index in [0.29, 0.717) is 66.8 Å². The number of anilines is 3. The fourth-order valence-corrected chi connectivity index (χ4v) is 4.49. The Bertz CT molecular complexity index is 1260. The average molecular weight is 492 g/mol. The molecule has 6 rings (SSSR count). The van der Waals surface area contributed by atoms with Gasteiger partial charge in [0.25, 0.3) is 5.91 Å². The third-order valence-corrected chi connectivity index (χ3v) is 6.42. The number of rotatable bonds is 2. The van der Waals surface area contributed by atoms with Gasteiger partial charge < -0.3 is 25.8 Å². The van der Waals surface area contributed by atoms with E-state index in [9.17, 15) is 9.18 Å². The van der Waals surface area contributed by atoms with Crippen molar-refractivity contribution in [3.63, 3.8) is 0 Å². The third-order valence-electron chi connectivity index (χ3n) is 6.42. The molecule has 0 radical (unpaired) electrons. The van der Waals surface area contributed by atoms with Gasteiger partial charge in [-0.25, -0.2) is 14.4 Å². The fourth-order valence-electron chi connectivity index (χ4n) is 4.49. The molecular formula is C27H30FN5O3. The number of nitrogens with zero attached hydrogens (tertiary/aromatic N) is 2. The Labute approximate surface area is 209 Å². The van der Waals surface area contributed by atoms with E-state index in [-0.39, 0.29) is 12.0 Å². The van der Waals surface area contributed by atoms with Gasteiger partial charge in [0.2, 0.25) is 5.95 Å². The maximum Gasteiger partial charge on any atom is 0.251 e. The zero-order valence-corrected chi connectivity index (χ0v) is 20.2. The number of fused-ring (bicyclic) bond motifs is 9. The van der Waals surface area contributed by atoms with Crippen molar-refractivity contribution < 1.29 is 18.7 Å². The topological polar surface area (TPSA) is 111 Å². The van der Waals surface area contributed by atoms with Crippen LogP contribution in [0.4, 0.5) is 21.7 Å². The first-order valence-corrected chi connectivity index (χ1v) is 12.2. The fraction of sp³-hybridized carbons (Fsp3) is 0.370. The van der Waals surface area contributed by atoms with Gasteiger partial charge in [-0.05, 0) is 62.2 Å². The average Bonchev–Trinajstić information content (AvgIpc) is 2.83. The first kappa shape index (κ1) is 24.0. The number of carbonyl (C=O) groups excluding carboxylic acids is 1. The molecule has 1 aromatic heterocycles. The van der Waals surface area contributed by atoms with Crippen molar-refractivity contribution in [3.8, 4) is 17.0 Å². The van der Waals surface area contributed by atoms with Crippen molar-refractivity contribution >= 4 is 23.2 Å². The largest absolute Gasteiger partial charge is 0.490 e. The Balaban J connectivity index is 1.43. The summed E-state index contributed by atoms with van der Waals surface area (Å²) in [7, 11) is 0. The van der Waals surface area contributed by atoms with E-state index in [0.717, 1.165) is 24.1 Å². The maximum absolute atomic E-state index is 14.0. The second-order valence-electron chi connectivity index (χ2n) is 9.59. The summed E-state index contributed by atoms with van der Waals surface area (Å²) in [6.45, 7) is 3.02. The molecule has 8 nitrogen and oxygen atoms in total. The SMILES string of the molecule is CC1(F)CC(Oc2ccc3cc2COCCCCNC(=O)c2ccc(c(N)c2)-c2ccnc(n2)N3)C1. The number of ether oxygens (including phenoxy) is 2. The van der Waals surface area contributed by atoms with E-state index in [1.807, 2.05) is 18.2 Å². The van der Waals surface area contributed by atoms with Gasteiger partial charge in [-0.3, -0.25) is 4.79 Å². The van der Waals surface area contributed by atoms with Crippen LogP contribution in [0, 0.1) is 0 Å². The summed E-state index contributed by atoms with van der Waals surface area (Å²) in [6.07, 6.45) is 3.83. The van der Waals surface area contributed by atoms with Gasteiger partial charge in [-0.2, -0.15) is 0 Å². The van der Waals surface area contributed by atoms with E-state index < -0.39 is 5.67 Å². The molecule has 4 N–H and O–H groups in total. The lowest BCUT2D eigenvalue weighted by atomic mass is 9.81. The Morgan fingerprint density at radius 3 is 2.83 bits per heavy atom.